The Bertz CT molecular complexity index is 596. The van der Waals surface area contributed by atoms with Gasteiger partial charge in [0.05, 0.1) is 0 Å². The van der Waals surface area contributed by atoms with E-state index in [9.17, 15) is 0 Å². The average Bonchev–Trinajstić information content (AvgIpc) is 2.77. The van der Waals surface area contributed by atoms with Crippen molar-refractivity contribution in [2.75, 3.05) is 11.9 Å². The van der Waals surface area contributed by atoms with Gasteiger partial charge in [-0.2, -0.15) is 0 Å². The molecule has 0 amide bonds. The van der Waals surface area contributed by atoms with Gasteiger partial charge in [-0.05, 0) is 39.7 Å². The van der Waals surface area contributed by atoms with Crippen molar-refractivity contribution in [2.45, 2.75) is 27.7 Å². The molecule has 1 N–H and O–H groups in total. The van der Waals surface area contributed by atoms with Crippen molar-refractivity contribution >= 4 is 16.5 Å². The van der Waals surface area contributed by atoms with Crippen LogP contribution < -0.4 is 5.32 Å². The van der Waals surface area contributed by atoms with Gasteiger partial charge in [0.25, 0.3) is 0 Å². The summed E-state index contributed by atoms with van der Waals surface area (Å²) in [6, 6.07) is 15.1. The molecule has 0 spiro atoms. The van der Waals surface area contributed by atoms with Gasteiger partial charge in [0, 0.05) is 12.2 Å². The van der Waals surface area contributed by atoms with Gasteiger partial charge >= 0.3 is 0 Å². The molecule has 2 aromatic rings. The van der Waals surface area contributed by atoms with E-state index in [2.05, 4.69) is 75.5 Å². The number of hydrogen-bond donors (Lipinski definition) is 1. The number of fused-ring (bicyclic) bond motifs is 1. The summed E-state index contributed by atoms with van der Waals surface area (Å²) in [6.07, 6.45) is 0. The van der Waals surface area contributed by atoms with Crippen LogP contribution in [0.4, 0.5) is 5.69 Å². The molecule has 0 aromatic heterocycles. The molecule has 0 saturated heterocycles. The number of anilines is 1. The first-order valence-corrected chi connectivity index (χ1v) is 7.15. The highest BCUT2D eigenvalue weighted by Gasteiger charge is 2.63. The fourth-order valence-electron chi connectivity index (χ4n) is 3.36. The summed E-state index contributed by atoms with van der Waals surface area (Å²) in [6.45, 7) is 10.6. The van der Waals surface area contributed by atoms with Gasteiger partial charge in [0.15, 0.2) is 0 Å². The van der Waals surface area contributed by atoms with Crippen LogP contribution in [0.1, 0.15) is 27.7 Å². The van der Waals surface area contributed by atoms with Gasteiger partial charge in [0.1, 0.15) is 0 Å². The molecule has 1 heteroatoms. The lowest BCUT2D eigenvalue weighted by molar-refractivity contribution is 0.457. The Morgan fingerprint density at radius 2 is 1.53 bits per heavy atom. The molecule has 0 radical (unpaired) electrons. The van der Waals surface area contributed by atoms with Gasteiger partial charge in [-0.1, -0.05) is 58.0 Å². The van der Waals surface area contributed by atoms with Crippen molar-refractivity contribution in [1.82, 2.24) is 0 Å². The van der Waals surface area contributed by atoms with Crippen molar-refractivity contribution < 1.29 is 0 Å². The van der Waals surface area contributed by atoms with Crippen molar-refractivity contribution in [3.8, 4) is 0 Å². The summed E-state index contributed by atoms with van der Waals surface area (Å²) in [7, 11) is 0. The number of hydrogen-bond acceptors (Lipinski definition) is 1. The number of benzene rings is 2. The standard InChI is InChI=1S/C18H23N/c1-17(2)16(18(17,3)4)12-19-15-10-9-13-7-5-6-8-14(13)11-15/h5-11,16,19H,12H2,1-4H3. The maximum atomic E-state index is 3.61. The molecule has 2 aromatic carbocycles. The fraction of sp³-hybridized carbons (Fsp3) is 0.444. The molecule has 19 heavy (non-hydrogen) atoms. The molecule has 0 aliphatic heterocycles. The Hall–Kier alpha value is -1.50. The molecule has 0 unspecified atom stereocenters. The van der Waals surface area contributed by atoms with E-state index in [4.69, 9.17) is 0 Å². The second-order valence-electron chi connectivity index (χ2n) is 6.94. The minimum atomic E-state index is 0.455. The Morgan fingerprint density at radius 3 is 2.16 bits per heavy atom. The van der Waals surface area contributed by atoms with Crippen LogP contribution in [0.2, 0.25) is 0 Å². The number of nitrogens with one attached hydrogen (secondary N) is 1. The third-order valence-corrected chi connectivity index (χ3v) is 5.58. The highest BCUT2D eigenvalue weighted by atomic mass is 14.9. The minimum Gasteiger partial charge on any atom is -0.385 e. The van der Waals surface area contributed by atoms with Crippen molar-refractivity contribution in [2.24, 2.45) is 16.7 Å². The maximum Gasteiger partial charge on any atom is 0.0346 e. The molecule has 1 nitrogen and oxygen atoms in total. The molecule has 3 rings (SSSR count). The zero-order valence-electron chi connectivity index (χ0n) is 12.3. The molecule has 0 atom stereocenters. The van der Waals surface area contributed by atoms with Crippen LogP contribution >= 0.6 is 0 Å². The quantitative estimate of drug-likeness (QED) is 0.817. The fourth-order valence-corrected chi connectivity index (χ4v) is 3.36. The molecular weight excluding hydrogens is 230 g/mol. The van der Waals surface area contributed by atoms with Crippen molar-refractivity contribution in [3.05, 3.63) is 42.5 Å². The van der Waals surface area contributed by atoms with Gasteiger partial charge < -0.3 is 5.32 Å². The normalized spacial score (nSPS) is 20.4. The van der Waals surface area contributed by atoms with Crippen LogP contribution in [0, 0.1) is 16.7 Å². The summed E-state index contributed by atoms with van der Waals surface area (Å²) in [5.41, 5.74) is 2.14. The van der Waals surface area contributed by atoms with Crippen LogP contribution in [0.5, 0.6) is 0 Å². The lowest BCUT2D eigenvalue weighted by atomic mass is 10.0. The lowest BCUT2D eigenvalue weighted by Crippen LogP contribution is -2.07. The van der Waals surface area contributed by atoms with Crippen molar-refractivity contribution in [3.63, 3.8) is 0 Å². The zero-order valence-corrected chi connectivity index (χ0v) is 12.3. The van der Waals surface area contributed by atoms with Gasteiger partial charge in [-0.25, -0.2) is 0 Å². The molecule has 100 valence electrons. The first-order chi connectivity index (χ1) is 8.93. The Morgan fingerprint density at radius 1 is 0.895 bits per heavy atom. The SMILES string of the molecule is CC1(C)C(CNc2ccc3ccccc3c2)C1(C)C. The molecule has 1 aliphatic carbocycles. The zero-order chi connectivity index (χ0) is 13.7. The Balaban J connectivity index is 1.73. The van der Waals surface area contributed by atoms with Gasteiger partial charge in [0.2, 0.25) is 0 Å². The monoisotopic (exact) mass is 253 g/mol. The summed E-state index contributed by atoms with van der Waals surface area (Å²) in [4.78, 5) is 0. The largest absolute Gasteiger partial charge is 0.385 e. The molecule has 1 saturated carbocycles. The van der Waals surface area contributed by atoms with E-state index in [0.717, 1.165) is 12.5 Å². The maximum absolute atomic E-state index is 3.61. The topological polar surface area (TPSA) is 12.0 Å². The second-order valence-corrected chi connectivity index (χ2v) is 6.94. The van der Waals surface area contributed by atoms with E-state index < -0.39 is 0 Å². The minimum absolute atomic E-state index is 0.455. The predicted octanol–water partition coefficient (Wildman–Crippen LogP) is 4.93. The van der Waals surface area contributed by atoms with E-state index in [1.54, 1.807) is 0 Å². The molecule has 0 bridgehead atoms. The van der Waals surface area contributed by atoms with Crippen LogP contribution in [0.25, 0.3) is 10.8 Å². The van der Waals surface area contributed by atoms with E-state index in [1.165, 1.54) is 16.5 Å². The first-order valence-electron chi connectivity index (χ1n) is 7.15. The Kier molecular flexibility index (Phi) is 2.63. The predicted molar refractivity (Wildman–Crippen MR) is 83.5 cm³/mol. The molecular formula is C18H23N. The third-order valence-electron chi connectivity index (χ3n) is 5.58. The van der Waals surface area contributed by atoms with Gasteiger partial charge in [-0.3, -0.25) is 0 Å². The second kappa shape index (κ2) is 4.00. The smallest absolute Gasteiger partial charge is 0.0346 e. The highest BCUT2D eigenvalue weighted by Crippen LogP contribution is 2.68. The van der Waals surface area contributed by atoms with E-state index in [1.807, 2.05) is 0 Å². The first kappa shape index (κ1) is 12.5. The average molecular weight is 253 g/mol. The summed E-state index contributed by atoms with van der Waals surface area (Å²) in [5, 5.41) is 6.22. The molecule has 0 heterocycles. The van der Waals surface area contributed by atoms with Crippen LogP contribution in [-0.2, 0) is 0 Å². The lowest BCUT2D eigenvalue weighted by Gasteiger charge is -2.09. The Labute approximate surface area is 116 Å². The summed E-state index contributed by atoms with van der Waals surface area (Å²) >= 11 is 0. The number of rotatable bonds is 3. The van der Waals surface area contributed by atoms with E-state index in [-0.39, 0.29) is 0 Å². The van der Waals surface area contributed by atoms with Gasteiger partial charge in [-0.15, -0.1) is 0 Å². The van der Waals surface area contributed by atoms with Crippen LogP contribution in [-0.4, -0.2) is 6.54 Å². The van der Waals surface area contributed by atoms with E-state index in [0.29, 0.717) is 10.8 Å². The van der Waals surface area contributed by atoms with Crippen LogP contribution in [0.15, 0.2) is 42.5 Å². The van der Waals surface area contributed by atoms with E-state index >= 15 is 0 Å². The molecule has 1 aliphatic rings. The summed E-state index contributed by atoms with van der Waals surface area (Å²) < 4.78 is 0. The van der Waals surface area contributed by atoms with Crippen LogP contribution in [0.3, 0.4) is 0 Å². The molecule has 1 fully saturated rings. The third kappa shape index (κ3) is 1.92. The summed E-state index contributed by atoms with van der Waals surface area (Å²) in [5.74, 6) is 0.756. The highest BCUT2D eigenvalue weighted by molar-refractivity contribution is 5.85. The van der Waals surface area contributed by atoms with Crippen molar-refractivity contribution in [1.29, 1.82) is 0 Å².